The van der Waals surface area contributed by atoms with Crippen LogP contribution in [0, 0.1) is 0 Å². The van der Waals surface area contributed by atoms with Gasteiger partial charge in [-0.15, -0.1) is 5.10 Å². The molecule has 1 amide bonds. The van der Waals surface area contributed by atoms with Crippen LogP contribution >= 0.6 is 11.8 Å². The number of carbonyl (C=O) groups excluding carboxylic acids is 1. The first-order chi connectivity index (χ1) is 13.3. The molecule has 28 heavy (non-hydrogen) atoms. The first kappa shape index (κ1) is 19.7. The number of thioether (sulfide) groups is 1. The Labute approximate surface area is 162 Å². The van der Waals surface area contributed by atoms with Gasteiger partial charge >= 0.3 is 6.18 Å². The number of rotatable bonds is 6. The SMILES string of the molecule is COc1ccc(-c2nc(SCC(=O)Nc3ccc(C(F)(F)F)cc3)n[nH]2)cc1. The van der Waals surface area contributed by atoms with E-state index in [1.807, 2.05) is 12.1 Å². The Morgan fingerprint density at radius 1 is 1.14 bits per heavy atom. The van der Waals surface area contributed by atoms with Crippen molar-refractivity contribution in [3.05, 3.63) is 54.1 Å². The summed E-state index contributed by atoms with van der Waals surface area (Å²) in [6.45, 7) is 0. The molecule has 0 bridgehead atoms. The van der Waals surface area contributed by atoms with Crippen molar-refractivity contribution in [3.8, 4) is 17.1 Å². The average molecular weight is 408 g/mol. The predicted molar refractivity (Wildman–Crippen MR) is 99.2 cm³/mol. The lowest BCUT2D eigenvalue weighted by molar-refractivity contribution is -0.137. The highest BCUT2D eigenvalue weighted by molar-refractivity contribution is 7.99. The maximum absolute atomic E-state index is 12.5. The standard InChI is InChI=1S/C18H15F3N4O2S/c1-27-14-8-2-11(3-9-14)16-23-17(25-24-16)28-10-15(26)22-13-6-4-12(5-7-13)18(19,20)21/h2-9H,10H2,1H3,(H,22,26)(H,23,24,25). The lowest BCUT2D eigenvalue weighted by Gasteiger charge is -2.08. The van der Waals surface area contributed by atoms with Gasteiger partial charge in [-0.25, -0.2) is 4.98 Å². The van der Waals surface area contributed by atoms with E-state index in [4.69, 9.17) is 4.74 Å². The lowest BCUT2D eigenvalue weighted by atomic mass is 10.2. The van der Waals surface area contributed by atoms with Gasteiger partial charge < -0.3 is 10.1 Å². The minimum Gasteiger partial charge on any atom is -0.497 e. The van der Waals surface area contributed by atoms with Gasteiger partial charge in [0.15, 0.2) is 5.82 Å². The molecular formula is C18H15F3N4O2S. The zero-order valence-corrected chi connectivity index (χ0v) is 15.4. The summed E-state index contributed by atoms with van der Waals surface area (Å²) in [5.41, 5.74) is 0.327. The molecule has 0 spiro atoms. The maximum atomic E-state index is 12.5. The molecule has 1 aromatic heterocycles. The number of anilines is 1. The van der Waals surface area contributed by atoms with E-state index >= 15 is 0 Å². The number of aromatic amines is 1. The number of aromatic nitrogens is 3. The van der Waals surface area contributed by atoms with Crippen molar-refractivity contribution < 1.29 is 22.7 Å². The summed E-state index contributed by atoms with van der Waals surface area (Å²) in [5, 5.41) is 9.75. The minimum atomic E-state index is -4.41. The number of H-pyrrole nitrogens is 1. The summed E-state index contributed by atoms with van der Waals surface area (Å²) in [6, 6.07) is 11.5. The fourth-order valence-electron chi connectivity index (χ4n) is 2.26. The smallest absolute Gasteiger partial charge is 0.416 e. The fraction of sp³-hybridized carbons (Fsp3) is 0.167. The highest BCUT2D eigenvalue weighted by atomic mass is 32.2. The molecule has 2 aromatic carbocycles. The van der Waals surface area contributed by atoms with E-state index in [-0.39, 0.29) is 17.3 Å². The van der Waals surface area contributed by atoms with Crippen LogP contribution in [0.1, 0.15) is 5.56 Å². The largest absolute Gasteiger partial charge is 0.497 e. The molecule has 1 heterocycles. The molecule has 3 rings (SSSR count). The van der Waals surface area contributed by atoms with Crippen molar-refractivity contribution in [2.75, 3.05) is 18.2 Å². The lowest BCUT2D eigenvalue weighted by Crippen LogP contribution is -2.14. The van der Waals surface area contributed by atoms with Crippen molar-refractivity contribution in [3.63, 3.8) is 0 Å². The normalized spacial score (nSPS) is 11.3. The zero-order chi connectivity index (χ0) is 20.1. The van der Waals surface area contributed by atoms with Crippen molar-refractivity contribution in [1.82, 2.24) is 15.2 Å². The minimum absolute atomic E-state index is 0.0148. The molecule has 0 fully saturated rings. The second kappa shape index (κ2) is 8.34. The molecule has 10 heteroatoms. The summed E-state index contributed by atoms with van der Waals surface area (Å²) in [6.07, 6.45) is -4.41. The third-order valence-corrected chi connectivity index (χ3v) is 4.50. The number of benzene rings is 2. The van der Waals surface area contributed by atoms with E-state index in [1.165, 1.54) is 12.1 Å². The van der Waals surface area contributed by atoms with Gasteiger partial charge in [0.25, 0.3) is 0 Å². The third kappa shape index (κ3) is 5.03. The van der Waals surface area contributed by atoms with Crippen molar-refractivity contribution >= 4 is 23.4 Å². The van der Waals surface area contributed by atoms with Crippen LogP contribution in [-0.4, -0.2) is 34.0 Å². The summed E-state index contributed by atoms with van der Waals surface area (Å²) in [5.74, 6) is 0.910. The number of nitrogens with one attached hydrogen (secondary N) is 2. The van der Waals surface area contributed by atoms with Crippen LogP contribution in [-0.2, 0) is 11.0 Å². The molecule has 2 N–H and O–H groups in total. The summed E-state index contributed by atoms with van der Waals surface area (Å²) in [4.78, 5) is 16.3. The molecule has 6 nitrogen and oxygen atoms in total. The number of methoxy groups -OCH3 is 1. The Kier molecular flexibility index (Phi) is 5.88. The van der Waals surface area contributed by atoms with Gasteiger partial charge in [0.05, 0.1) is 18.4 Å². The predicted octanol–water partition coefficient (Wildman–Crippen LogP) is 4.23. The van der Waals surface area contributed by atoms with E-state index in [9.17, 15) is 18.0 Å². The number of carbonyl (C=O) groups is 1. The van der Waals surface area contributed by atoms with Gasteiger partial charge in [0, 0.05) is 11.3 Å². The topological polar surface area (TPSA) is 79.9 Å². The number of amides is 1. The molecule has 0 unspecified atom stereocenters. The van der Waals surface area contributed by atoms with Gasteiger partial charge in [0.2, 0.25) is 11.1 Å². The number of hydrogen-bond acceptors (Lipinski definition) is 5. The van der Waals surface area contributed by atoms with Gasteiger partial charge in [-0.05, 0) is 48.5 Å². The fourth-order valence-corrected chi connectivity index (χ4v) is 2.86. The molecular weight excluding hydrogens is 393 g/mol. The van der Waals surface area contributed by atoms with Crippen LogP contribution in [0.4, 0.5) is 18.9 Å². The quantitative estimate of drug-likeness (QED) is 0.597. The number of hydrogen-bond donors (Lipinski definition) is 2. The third-order valence-electron chi connectivity index (χ3n) is 3.66. The van der Waals surface area contributed by atoms with E-state index in [0.29, 0.717) is 11.0 Å². The van der Waals surface area contributed by atoms with Crippen LogP contribution in [0.25, 0.3) is 11.4 Å². The average Bonchev–Trinajstić information content (AvgIpc) is 3.15. The summed E-state index contributed by atoms with van der Waals surface area (Å²) in [7, 11) is 1.58. The van der Waals surface area contributed by atoms with E-state index in [1.54, 1.807) is 19.2 Å². The molecule has 3 aromatic rings. The second-order valence-corrected chi connectivity index (χ2v) is 6.55. The molecule has 0 aliphatic carbocycles. The molecule has 0 saturated heterocycles. The van der Waals surface area contributed by atoms with Gasteiger partial charge in [-0.1, -0.05) is 11.8 Å². The molecule has 146 valence electrons. The van der Waals surface area contributed by atoms with Crippen LogP contribution in [0.3, 0.4) is 0 Å². The Balaban J connectivity index is 1.54. The van der Waals surface area contributed by atoms with Crippen molar-refractivity contribution in [2.45, 2.75) is 11.3 Å². The molecule has 0 radical (unpaired) electrons. The number of alkyl halides is 3. The second-order valence-electron chi connectivity index (χ2n) is 5.61. The van der Waals surface area contributed by atoms with E-state index < -0.39 is 11.7 Å². The first-order valence-electron chi connectivity index (χ1n) is 8.02. The summed E-state index contributed by atoms with van der Waals surface area (Å²) < 4.78 is 42.7. The van der Waals surface area contributed by atoms with Gasteiger partial charge in [0.1, 0.15) is 5.75 Å². The van der Waals surface area contributed by atoms with Crippen LogP contribution in [0.15, 0.2) is 53.7 Å². The number of halogens is 3. The van der Waals surface area contributed by atoms with Crippen molar-refractivity contribution in [1.29, 1.82) is 0 Å². The van der Waals surface area contributed by atoms with Gasteiger partial charge in [-0.3, -0.25) is 9.89 Å². The molecule has 0 aliphatic heterocycles. The van der Waals surface area contributed by atoms with Crippen molar-refractivity contribution in [2.24, 2.45) is 0 Å². The molecule has 0 saturated carbocycles. The maximum Gasteiger partial charge on any atom is 0.416 e. The zero-order valence-electron chi connectivity index (χ0n) is 14.6. The highest BCUT2D eigenvalue weighted by Gasteiger charge is 2.29. The Morgan fingerprint density at radius 2 is 1.82 bits per heavy atom. The Morgan fingerprint density at radius 3 is 2.43 bits per heavy atom. The molecule has 0 atom stereocenters. The number of ether oxygens (including phenoxy) is 1. The van der Waals surface area contributed by atoms with Crippen LogP contribution < -0.4 is 10.1 Å². The van der Waals surface area contributed by atoms with Crippen LogP contribution in [0.2, 0.25) is 0 Å². The van der Waals surface area contributed by atoms with E-state index in [0.717, 1.165) is 35.2 Å². The van der Waals surface area contributed by atoms with Gasteiger partial charge in [-0.2, -0.15) is 13.2 Å². The van der Waals surface area contributed by atoms with Crippen LogP contribution in [0.5, 0.6) is 5.75 Å². The van der Waals surface area contributed by atoms with E-state index in [2.05, 4.69) is 20.5 Å². The monoisotopic (exact) mass is 408 g/mol. The Bertz CT molecular complexity index is 941. The highest BCUT2D eigenvalue weighted by Crippen LogP contribution is 2.30. The number of nitrogens with zero attached hydrogens (tertiary/aromatic N) is 2. The first-order valence-corrected chi connectivity index (χ1v) is 9.00. The molecule has 0 aliphatic rings. The summed E-state index contributed by atoms with van der Waals surface area (Å²) >= 11 is 1.11. The Hall–Kier alpha value is -3.01.